The van der Waals surface area contributed by atoms with Crippen LogP contribution in [0.15, 0.2) is 15.8 Å². The second kappa shape index (κ2) is 11.4. The second-order valence-electron chi connectivity index (χ2n) is 4.65. The number of aromatic nitrogens is 2. The van der Waals surface area contributed by atoms with Gasteiger partial charge in [-0.2, -0.15) is 0 Å². The van der Waals surface area contributed by atoms with Gasteiger partial charge >= 0.3 is 11.7 Å². The van der Waals surface area contributed by atoms with E-state index in [0.717, 1.165) is 4.57 Å². The lowest BCUT2D eigenvalue weighted by Gasteiger charge is -2.22. The number of hydrogen-bond donors (Lipinski definition) is 2. The second-order valence-corrected chi connectivity index (χ2v) is 5.41. The molecule has 0 radical (unpaired) electrons. The van der Waals surface area contributed by atoms with Crippen LogP contribution in [0.25, 0.3) is 0 Å². The molecule has 3 N–H and O–H groups in total. The summed E-state index contributed by atoms with van der Waals surface area (Å²) in [5, 5.41) is 0. The van der Waals surface area contributed by atoms with Gasteiger partial charge in [-0.25, -0.2) is 4.79 Å². The molecule has 8 nitrogen and oxygen atoms in total. The van der Waals surface area contributed by atoms with Crippen molar-refractivity contribution in [1.82, 2.24) is 9.55 Å². The topological polar surface area (TPSA) is 110 Å². The number of ether oxygens (including phenoxy) is 1. The first-order valence-electron chi connectivity index (χ1n) is 7.07. The molecule has 11 heteroatoms. The highest BCUT2D eigenvalue weighted by atomic mass is 35.5. The van der Waals surface area contributed by atoms with E-state index in [2.05, 4.69) is 4.98 Å². The first-order chi connectivity index (χ1) is 10.9. The number of halogens is 3. The maximum Gasteiger partial charge on any atom is 0.328 e. The minimum Gasteiger partial charge on any atom is -0.465 e. The Morgan fingerprint density at radius 1 is 1.38 bits per heavy atom. The van der Waals surface area contributed by atoms with Crippen LogP contribution in [0.3, 0.4) is 0 Å². The van der Waals surface area contributed by atoms with Crippen molar-refractivity contribution in [3.05, 3.63) is 27.0 Å². The van der Waals surface area contributed by atoms with Gasteiger partial charge < -0.3 is 15.4 Å². The molecule has 24 heavy (non-hydrogen) atoms. The van der Waals surface area contributed by atoms with Crippen LogP contribution >= 0.6 is 35.6 Å². The first kappa shape index (κ1) is 22.8. The molecular weight excluding hydrogens is 383 g/mol. The van der Waals surface area contributed by atoms with Crippen molar-refractivity contribution in [3.8, 4) is 0 Å². The lowest BCUT2D eigenvalue weighted by atomic mass is 10.3. The summed E-state index contributed by atoms with van der Waals surface area (Å²) < 4.78 is 5.96. The Morgan fingerprint density at radius 3 is 2.46 bits per heavy atom. The zero-order valence-electron chi connectivity index (χ0n) is 13.2. The molecule has 0 amide bonds. The monoisotopic (exact) mass is 402 g/mol. The van der Waals surface area contributed by atoms with Crippen LogP contribution in [-0.2, 0) is 16.1 Å². The standard InChI is InChI=1S/C13H20Cl2N4O4.ClH/c1-2-23-12(21)9(16)7-19-8-10(11(20)17-13(19)22)18(5-3-14)6-4-15;/h8-9H,2-7,16H2,1H3,(H,17,20,22);1H. The van der Waals surface area contributed by atoms with E-state index in [1.165, 1.54) is 6.20 Å². The number of nitrogens with zero attached hydrogens (tertiary/aromatic N) is 2. The number of nitrogens with one attached hydrogen (secondary N) is 1. The fourth-order valence-electron chi connectivity index (χ4n) is 1.95. The van der Waals surface area contributed by atoms with Crippen molar-refractivity contribution in [2.24, 2.45) is 5.73 Å². The zero-order chi connectivity index (χ0) is 17.4. The molecule has 1 atom stereocenters. The van der Waals surface area contributed by atoms with E-state index in [-0.39, 0.29) is 43.0 Å². The van der Waals surface area contributed by atoms with Crippen molar-refractivity contribution in [1.29, 1.82) is 0 Å². The van der Waals surface area contributed by atoms with E-state index in [1.807, 2.05) is 0 Å². The first-order valence-corrected chi connectivity index (χ1v) is 8.14. The summed E-state index contributed by atoms with van der Waals surface area (Å²) in [4.78, 5) is 39.3. The maximum absolute atomic E-state index is 12.0. The number of H-pyrrole nitrogens is 1. The van der Waals surface area contributed by atoms with Crippen LogP contribution in [0.5, 0.6) is 0 Å². The molecule has 0 saturated heterocycles. The Hall–Kier alpha value is -1.22. The molecule has 1 aromatic heterocycles. The van der Waals surface area contributed by atoms with Crippen molar-refractivity contribution < 1.29 is 9.53 Å². The van der Waals surface area contributed by atoms with Gasteiger partial charge in [-0.3, -0.25) is 19.1 Å². The van der Waals surface area contributed by atoms with Gasteiger partial charge in [-0.05, 0) is 6.92 Å². The third kappa shape index (κ3) is 6.35. The van der Waals surface area contributed by atoms with E-state index < -0.39 is 23.3 Å². The summed E-state index contributed by atoms with van der Waals surface area (Å²) in [5.41, 5.74) is 4.73. The van der Waals surface area contributed by atoms with Gasteiger partial charge in [0, 0.05) is 31.0 Å². The van der Waals surface area contributed by atoms with E-state index in [4.69, 9.17) is 33.7 Å². The summed E-state index contributed by atoms with van der Waals surface area (Å²) >= 11 is 11.4. The lowest BCUT2D eigenvalue weighted by Crippen LogP contribution is -2.43. The molecule has 138 valence electrons. The van der Waals surface area contributed by atoms with Crippen molar-refractivity contribution in [2.75, 3.05) is 36.4 Å². The average molecular weight is 404 g/mol. The highest BCUT2D eigenvalue weighted by Crippen LogP contribution is 2.07. The highest BCUT2D eigenvalue weighted by molar-refractivity contribution is 6.18. The largest absolute Gasteiger partial charge is 0.465 e. The molecule has 1 rings (SSSR count). The van der Waals surface area contributed by atoms with E-state index in [0.29, 0.717) is 13.1 Å². The van der Waals surface area contributed by atoms with Gasteiger partial charge in [0.05, 0.1) is 13.2 Å². The van der Waals surface area contributed by atoms with E-state index >= 15 is 0 Å². The van der Waals surface area contributed by atoms with Crippen LogP contribution < -0.4 is 21.9 Å². The SMILES string of the molecule is CCOC(=O)C(N)Cn1cc(N(CCCl)CCCl)c(=O)[nH]c1=O.Cl. The molecule has 0 saturated carbocycles. The van der Waals surface area contributed by atoms with Gasteiger partial charge in [0.2, 0.25) is 0 Å². The number of alkyl halides is 2. The Labute approximate surface area is 155 Å². The Kier molecular flexibility index (Phi) is 10.8. The van der Waals surface area contributed by atoms with Gasteiger partial charge in [-0.15, -0.1) is 35.6 Å². The van der Waals surface area contributed by atoms with Gasteiger partial charge in [-0.1, -0.05) is 0 Å². The van der Waals surface area contributed by atoms with Gasteiger partial charge in [0.1, 0.15) is 11.7 Å². The van der Waals surface area contributed by atoms with Crippen molar-refractivity contribution >= 4 is 47.3 Å². The van der Waals surface area contributed by atoms with Crippen molar-refractivity contribution in [2.45, 2.75) is 19.5 Å². The normalized spacial score (nSPS) is 11.5. The fourth-order valence-corrected chi connectivity index (χ4v) is 2.36. The number of aromatic amines is 1. The molecule has 0 aliphatic carbocycles. The highest BCUT2D eigenvalue weighted by Gasteiger charge is 2.18. The average Bonchev–Trinajstić information content (AvgIpc) is 2.50. The number of rotatable bonds is 9. The lowest BCUT2D eigenvalue weighted by molar-refractivity contribution is -0.145. The molecule has 1 heterocycles. The summed E-state index contributed by atoms with van der Waals surface area (Å²) in [7, 11) is 0. The fraction of sp³-hybridized carbons (Fsp3) is 0.615. The van der Waals surface area contributed by atoms with Crippen LogP contribution in [0.2, 0.25) is 0 Å². The Balaban J connectivity index is 0.00000529. The van der Waals surface area contributed by atoms with Crippen molar-refractivity contribution in [3.63, 3.8) is 0 Å². The number of esters is 1. The number of carbonyl (C=O) groups is 1. The van der Waals surface area contributed by atoms with E-state index in [9.17, 15) is 14.4 Å². The van der Waals surface area contributed by atoms with Crippen LogP contribution in [-0.4, -0.2) is 53.0 Å². The van der Waals surface area contributed by atoms with Crippen LogP contribution in [0.4, 0.5) is 5.69 Å². The minimum absolute atomic E-state index is 0. The number of hydrogen-bond acceptors (Lipinski definition) is 6. The predicted molar refractivity (Wildman–Crippen MR) is 96.8 cm³/mol. The third-order valence-corrected chi connectivity index (χ3v) is 3.36. The van der Waals surface area contributed by atoms with Gasteiger partial charge in [0.15, 0.2) is 0 Å². The van der Waals surface area contributed by atoms with E-state index in [1.54, 1.807) is 11.8 Å². The molecule has 0 fully saturated rings. The van der Waals surface area contributed by atoms with Crippen LogP contribution in [0.1, 0.15) is 6.92 Å². The molecule has 0 bridgehead atoms. The minimum atomic E-state index is -1.01. The smallest absolute Gasteiger partial charge is 0.328 e. The van der Waals surface area contributed by atoms with Crippen LogP contribution in [0, 0.1) is 0 Å². The summed E-state index contributed by atoms with van der Waals surface area (Å²) in [5.74, 6) is -0.0409. The number of anilines is 1. The zero-order valence-corrected chi connectivity index (χ0v) is 15.5. The Morgan fingerprint density at radius 2 is 1.96 bits per heavy atom. The van der Waals surface area contributed by atoms with Gasteiger partial charge in [0.25, 0.3) is 5.56 Å². The Bertz CT molecular complexity index is 628. The predicted octanol–water partition coefficient (Wildman–Crippen LogP) is 0.133. The molecule has 1 aromatic rings. The maximum atomic E-state index is 12.0. The number of carbonyl (C=O) groups excluding carboxylic acids is 1. The summed E-state index contributed by atoms with van der Waals surface area (Å²) in [6.07, 6.45) is 1.35. The quantitative estimate of drug-likeness (QED) is 0.448. The summed E-state index contributed by atoms with van der Waals surface area (Å²) in [6, 6.07) is -1.01. The molecule has 0 aromatic carbocycles. The molecular formula is C13H21Cl3N4O4. The molecule has 0 aliphatic heterocycles. The number of nitrogens with two attached hydrogens (primary N) is 1. The summed E-state index contributed by atoms with van der Waals surface area (Å²) in [6.45, 7) is 2.51. The molecule has 0 aliphatic rings. The molecule has 1 unspecified atom stereocenters. The molecule has 0 spiro atoms. The third-order valence-electron chi connectivity index (χ3n) is 3.02.